The summed E-state index contributed by atoms with van der Waals surface area (Å²) in [6, 6.07) is 0. The Hall–Kier alpha value is -0.700. The van der Waals surface area contributed by atoms with Crippen molar-refractivity contribution in [3.63, 3.8) is 0 Å². The second kappa shape index (κ2) is 7.03. The molecule has 5 nitrogen and oxygen atoms in total. The summed E-state index contributed by atoms with van der Waals surface area (Å²) in [4.78, 5) is 4.42. The Labute approximate surface area is 118 Å². The zero-order valence-electron chi connectivity index (χ0n) is 10.2. The highest BCUT2D eigenvalue weighted by molar-refractivity contribution is 8.00. The highest BCUT2D eigenvalue weighted by atomic mass is 32.2. The number of methoxy groups -OCH3 is 1. The van der Waals surface area contributed by atoms with Crippen LogP contribution in [0.5, 0.6) is 0 Å². The van der Waals surface area contributed by atoms with Gasteiger partial charge in [0.15, 0.2) is 4.34 Å². The fraction of sp³-hybridized carbons (Fsp3) is 0.500. The molecule has 18 heavy (non-hydrogen) atoms. The number of nitrogens with one attached hydrogen (secondary N) is 1. The van der Waals surface area contributed by atoms with Gasteiger partial charge in [0.25, 0.3) is 0 Å². The van der Waals surface area contributed by atoms with E-state index in [1.165, 1.54) is 0 Å². The first-order valence-electron chi connectivity index (χ1n) is 5.38. The predicted molar refractivity (Wildman–Crippen MR) is 76.7 cm³/mol. The van der Waals surface area contributed by atoms with Crippen molar-refractivity contribution in [3.05, 3.63) is 16.1 Å². The van der Waals surface area contributed by atoms with Crippen molar-refractivity contribution in [2.45, 2.75) is 17.0 Å². The van der Waals surface area contributed by atoms with Crippen LogP contribution in [-0.4, -0.2) is 35.4 Å². The molecule has 2 rings (SSSR count). The minimum absolute atomic E-state index is 0.667. The lowest BCUT2D eigenvalue weighted by Crippen LogP contribution is -2.06. The van der Waals surface area contributed by atoms with E-state index in [1.807, 2.05) is 6.92 Å². The van der Waals surface area contributed by atoms with E-state index in [0.717, 1.165) is 32.5 Å². The van der Waals surface area contributed by atoms with Gasteiger partial charge in [0, 0.05) is 24.8 Å². The molecular formula is C10H14N4OS3. The van der Waals surface area contributed by atoms with Crippen molar-refractivity contribution in [2.75, 3.05) is 25.6 Å². The van der Waals surface area contributed by atoms with Crippen molar-refractivity contribution in [3.8, 4) is 0 Å². The Morgan fingerprint density at radius 2 is 2.33 bits per heavy atom. The second-order valence-corrected chi connectivity index (χ2v) is 6.70. The highest BCUT2D eigenvalue weighted by Crippen LogP contribution is 2.28. The van der Waals surface area contributed by atoms with E-state index < -0.39 is 0 Å². The van der Waals surface area contributed by atoms with E-state index in [4.69, 9.17) is 4.74 Å². The Kier molecular flexibility index (Phi) is 5.36. The number of aryl methyl sites for hydroxylation is 1. The number of rotatable bonds is 7. The molecule has 1 N–H and O–H groups in total. The number of thiazole rings is 1. The Morgan fingerprint density at radius 3 is 3.06 bits per heavy atom. The molecule has 98 valence electrons. The standard InChI is InChI=1S/C10H14N4OS3/c1-7-12-8(5-16-7)6-17-10-14-13-9(18-10)11-3-4-15-2/h5H,3-4,6H2,1-2H3,(H,11,13). The van der Waals surface area contributed by atoms with Gasteiger partial charge in [-0.15, -0.1) is 21.5 Å². The molecule has 2 heterocycles. The third-order valence-corrected chi connectivity index (χ3v) is 4.87. The van der Waals surface area contributed by atoms with Crippen LogP contribution in [0.25, 0.3) is 0 Å². The van der Waals surface area contributed by atoms with Crippen molar-refractivity contribution in [1.29, 1.82) is 0 Å². The minimum atomic E-state index is 0.667. The summed E-state index contributed by atoms with van der Waals surface area (Å²) in [5.41, 5.74) is 1.10. The van der Waals surface area contributed by atoms with Crippen LogP contribution in [0.2, 0.25) is 0 Å². The summed E-state index contributed by atoms with van der Waals surface area (Å²) in [5, 5.41) is 15.4. The van der Waals surface area contributed by atoms with E-state index in [2.05, 4.69) is 25.9 Å². The lowest BCUT2D eigenvalue weighted by Gasteiger charge is -1.98. The van der Waals surface area contributed by atoms with E-state index in [-0.39, 0.29) is 0 Å². The number of hydrogen-bond acceptors (Lipinski definition) is 8. The van der Waals surface area contributed by atoms with Crippen LogP contribution in [0.1, 0.15) is 10.7 Å². The summed E-state index contributed by atoms with van der Waals surface area (Å²) >= 11 is 4.90. The molecule has 2 aromatic heterocycles. The maximum atomic E-state index is 4.96. The van der Waals surface area contributed by atoms with Gasteiger partial charge in [-0.2, -0.15) is 0 Å². The van der Waals surface area contributed by atoms with Gasteiger partial charge in [-0.1, -0.05) is 23.1 Å². The molecule has 0 bridgehead atoms. The summed E-state index contributed by atoms with van der Waals surface area (Å²) in [7, 11) is 1.68. The monoisotopic (exact) mass is 302 g/mol. The van der Waals surface area contributed by atoms with E-state index >= 15 is 0 Å². The van der Waals surface area contributed by atoms with E-state index in [9.17, 15) is 0 Å². The van der Waals surface area contributed by atoms with E-state index in [0.29, 0.717) is 6.61 Å². The maximum Gasteiger partial charge on any atom is 0.206 e. The molecule has 0 amide bonds. The molecule has 8 heteroatoms. The first-order chi connectivity index (χ1) is 8.78. The van der Waals surface area contributed by atoms with Gasteiger partial charge in [-0.25, -0.2) is 4.98 Å². The highest BCUT2D eigenvalue weighted by Gasteiger charge is 2.06. The number of ether oxygens (including phenoxy) is 1. The number of anilines is 1. The minimum Gasteiger partial charge on any atom is -0.383 e. The Balaban J connectivity index is 1.79. The third kappa shape index (κ3) is 4.20. The van der Waals surface area contributed by atoms with Gasteiger partial charge < -0.3 is 10.1 Å². The molecule has 0 aliphatic carbocycles. The number of thioether (sulfide) groups is 1. The second-order valence-electron chi connectivity index (χ2n) is 3.44. The van der Waals surface area contributed by atoms with Crippen LogP contribution in [0.4, 0.5) is 5.13 Å². The zero-order valence-corrected chi connectivity index (χ0v) is 12.6. The zero-order chi connectivity index (χ0) is 12.8. The molecule has 2 aromatic rings. The fourth-order valence-electron chi connectivity index (χ4n) is 1.21. The molecule has 0 radical (unpaired) electrons. The molecule has 0 saturated heterocycles. The Morgan fingerprint density at radius 1 is 1.44 bits per heavy atom. The van der Waals surface area contributed by atoms with Crippen LogP contribution < -0.4 is 5.32 Å². The topological polar surface area (TPSA) is 59.9 Å². The molecule has 0 aliphatic rings. The molecular weight excluding hydrogens is 288 g/mol. The Bertz CT molecular complexity index is 485. The number of nitrogens with zero attached hydrogens (tertiary/aromatic N) is 3. The van der Waals surface area contributed by atoms with Gasteiger partial charge in [0.1, 0.15) is 0 Å². The molecule has 0 saturated carbocycles. The largest absolute Gasteiger partial charge is 0.383 e. The van der Waals surface area contributed by atoms with E-state index in [1.54, 1.807) is 41.5 Å². The smallest absolute Gasteiger partial charge is 0.206 e. The summed E-state index contributed by atoms with van der Waals surface area (Å²) in [5.74, 6) is 0.844. The van der Waals surface area contributed by atoms with Crippen LogP contribution in [0.15, 0.2) is 9.72 Å². The van der Waals surface area contributed by atoms with Crippen molar-refractivity contribution in [1.82, 2.24) is 15.2 Å². The summed E-state index contributed by atoms with van der Waals surface area (Å²) in [6.45, 7) is 3.43. The van der Waals surface area contributed by atoms with Crippen molar-refractivity contribution < 1.29 is 4.74 Å². The van der Waals surface area contributed by atoms with Crippen LogP contribution >= 0.6 is 34.4 Å². The van der Waals surface area contributed by atoms with Gasteiger partial charge in [0.2, 0.25) is 5.13 Å². The normalized spacial score (nSPS) is 10.8. The molecule has 0 atom stereocenters. The first-order valence-corrected chi connectivity index (χ1v) is 8.06. The van der Waals surface area contributed by atoms with Crippen molar-refractivity contribution in [2.24, 2.45) is 0 Å². The number of aromatic nitrogens is 3. The molecule has 0 unspecified atom stereocenters. The molecule has 0 aliphatic heterocycles. The maximum absolute atomic E-state index is 4.96. The SMILES string of the molecule is COCCNc1nnc(SCc2csc(C)n2)s1. The van der Waals surface area contributed by atoms with Crippen LogP contribution in [0.3, 0.4) is 0 Å². The van der Waals surface area contributed by atoms with Gasteiger partial charge in [0.05, 0.1) is 17.3 Å². The van der Waals surface area contributed by atoms with Crippen molar-refractivity contribution >= 4 is 39.6 Å². The van der Waals surface area contributed by atoms with Crippen LogP contribution in [0, 0.1) is 6.92 Å². The summed E-state index contributed by atoms with van der Waals surface area (Å²) in [6.07, 6.45) is 0. The average molecular weight is 302 g/mol. The number of hydrogen-bond donors (Lipinski definition) is 1. The first kappa shape index (κ1) is 13.7. The predicted octanol–water partition coefficient (Wildman–Crippen LogP) is 2.65. The lowest BCUT2D eigenvalue weighted by atomic mass is 10.6. The van der Waals surface area contributed by atoms with Gasteiger partial charge in [-0.05, 0) is 6.92 Å². The fourth-order valence-corrected chi connectivity index (χ4v) is 3.60. The quantitative estimate of drug-likeness (QED) is 0.627. The summed E-state index contributed by atoms with van der Waals surface area (Å²) < 4.78 is 5.92. The van der Waals surface area contributed by atoms with Crippen LogP contribution in [-0.2, 0) is 10.5 Å². The lowest BCUT2D eigenvalue weighted by molar-refractivity contribution is 0.211. The van der Waals surface area contributed by atoms with Gasteiger partial charge in [-0.3, -0.25) is 0 Å². The third-order valence-electron chi connectivity index (χ3n) is 2.00. The van der Waals surface area contributed by atoms with Gasteiger partial charge >= 0.3 is 0 Å². The average Bonchev–Trinajstić information content (AvgIpc) is 2.96. The molecule has 0 spiro atoms. The molecule has 0 fully saturated rings. The molecule has 0 aromatic carbocycles.